The summed E-state index contributed by atoms with van der Waals surface area (Å²) in [5.41, 5.74) is 6.62. The lowest BCUT2D eigenvalue weighted by molar-refractivity contribution is 0.174. The molecule has 0 aliphatic carbocycles. The maximum atomic E-state index is 5.58. The van der Waals surface area contributed by atoms with Crippen LogP contribution in [0.25, 0.3) is 11.8 Å². The fourth-order valence-corrected chi connectivity index (χ4v) is 3.52. The minimum absolute atomic E-state index is 0.256. The van der Waals surface area contributed by atoms with E-state index in [2.05, 4.69) is 44.5 Å². The first-order valence-electron chi connectivity index (χ1n) is 7.94. The van der Waals surface area contributed by atoms with Crippen LogP contribution in [-0.2, 0) is 0 Å². The van der Waals surface area contributed by atoms with Crippen molar-refractivity contribution < 1.29 is 9.47 Å². The van der Waals surface area contributed by atoms with Crippen LogP contribution in [0.15, 0.2) is 47.1 Å². The molecular formula is C19H14BrN3O2. The van der Waals surface area contributed by atoms with Crippen molar-refractivity contribution in [1.82, 2.24) is 9.66 Å². The molecule has 1 N–H and O–H groups in total. The molecular weight excluding hydrogens is 382 g/mol. The molecule has 124 valence electrons. The van der Waals surface area contributed by atoms with Gasteiger partial charge in [0.15, 0.2) is 17.3 Å². The first-order chi connectivity index (χ1) is 12.2. The highest BCUT2D eigenvalue weighted by Crippen LogP contribution is 2.29. The van der Waals surface area contributed by atoms with Crippen molar-refractivity contribution in [3.8, 4) is 11.5 Å². The zero-order valence-electron chi connectivity index (χ0n) is 13.4. The molecule has 0 saturated carbocycles. The largest absolute Gasteiger partial charge is 0.454 e. The van der Waals surface area contributed by atoms with E-state index < -0.39 is 0 Å². The quantitative estimate of drug-likeness (QED) is 0.686. The molecule has 2 aromatic carbocycles. The molecule has 0 atom stereocenters. The summed E-state index contributed by atoms with van der Waals surface area (Å²) >= 11 is 3.52. The highest BCUT2D eigenvalue weighted by molar-refractivity contribution is 9.10. The summed E-state index contributed by atoms with van der Waals surface area (Å²) in [6, 6.07) is 14.3. The van der Waals surface area contributed by atoms with Crippen molar-refractivity contribution in [2.45, 2.75) is 6.92 Å². The zero-order chi connectivity index (χ0) is 17.0. The third kappa shape index (κ3) is 2.25. The maximum Gasteiger partial charge on any atom is 0.231 e. The number of halogens is 1. The van der Waals surface area contributed by atoms with Gasteiger partial charge in [-0.15, -0.1) is 0 Å². The first kappa shape index (κ1) is 14.6. The van der Waals surface area contributed by atoms with Gasteiger partial charge in [0.1, 0.15) is 4.60 Å². The molecule has 0 spiro atoms. The minimum atomic E-state index is 0.256. The Morgan fingerprint density at radius 1 is 1.12 bits per heavy atom. The van der Waals surface area contributed by atoms with Crippen molar-refractivity contribution in [3.63, 3.8) is 0 Å². The molecule has 25 heavy (non-hydrogen) atoms. The van der Waals surface area contributed by atoms with Gasteiger partial charge in [-0.3, -0.25) is 5.43 Å². The van der Waals surface area contributed by atoms with E-state index in [-0.39, 0.29) is 6.79 Å². The van der Waals surface area contributed by atoms with Crippen molar-refractivity contribution in [1.29, 1.82) is 0 Å². The predicted octanol–water partition coefficient (Wildman–Crippen LogP) is 2.23. The van der Waals surface area contributed by atoms with E-state index >= 15 is 0 Å². The first-order valence-corrected chi connectivity index (χ1v) is 8.73. The fourth-order valence-electron chi connectivity index (χ4n) is 3.16. The van der Waals surface area contributed by atoms with Crippen LogP contribution in [0, 0.1) is 6.92 Å². The topological polar surface area (TPSA) is 48.3 Å². The van der Waals surface area contributed by atoms with E-state index in [9.17, 15) is 0 Å². The molecule has 5 rings (SSSR count). The molecule has 0 fully saturated rings. The number of nitrogens with one attached hydrogen (secondary N) is 1. The van der Waals surface area contributed by atoms with E-state index in [1.54, 1.807) is 0 Å². The highest BCUT2D eigenvalue weighted by Gasteiger charge is 2.19. The van der Waals surface area contributed by atoms with Crippen LogP contribution in [0.2, 0.25) is 0 Å². The van der Waals surface area contributed by atoms with E-state index in [4.69, 9.17) is 9.47 Å². The molecule has 6 heteroatoms. The smallest absolute Gasteiger partial charge is 0.231 e. The van der Waals surface area contributed by atoms with Gasteiger partial charge in [0, 0.05) is 10.8 Å². The second-order valence-corrected chi connectivity index (χ2v) is 6.72. The van der Waals surface area contributed by atoms with Gasteiger partial charge in [-0.2, -0.15) is 0 Å². The van der Waals surface area contributed by atoms with Gasteiger partial charge in [-0.1, -0.05) is 30.3 Å². The van der Waals surface area contributed by atoms with E-state index in [1.807, 2.05) is 41.9 Å². The predicted molar refractivity (Wildman–Crippen MR) is 98.4 cm³/mol. The summed E-state index contributed by atoms with van der Waals surface area (Å²) < 4.78 is 13.9. The second kappa shape index (κ2) is 5.39. The Labute approximate surface area is 152 Å². The van der Waals surface area contributed by atoms with Crippen LogP contribution < -0.4 is 25.3 Å². The standard InChI is InChI=1S/C19H14BrN3O2/c1-11-19(20)21-17-8-13-7-15-16(25-10-24-15)9-14(13)18(22-23(11)17)12-5-3-2-4-6-12/h2-9,22H,10H2,1H3. The Bertz CT molecular complexity index is 1120. The number of aromatic nitrogens is 2. The van der Waals surface area contributed by atoms with E-state index in [1.165, 1.54) is 0 Å². The molecule has 0 radical (unpaired) electrons. The average molecular weight is 396 g/mol. The number of imidazole rings is 1. The Balaban J connectivity index is 1.89. The molecule has 1 aromatic heterocycles. The fraction of sp³-hybridized carbons (Fsp3) is 0.105. The summed E-state index contributed by atoms with van der Waals surface area (Å²) in [6.45, 7) is 2.28. The van der Waals surface area contributed by atoms with Crippen LogP contribution in [0.5, 0.6) is 11.5 Å². The maximum absolute atomic E-state index is 5.58. The van der Waals surface area contributed by atoms with Crippen LogP contribution in [0.3, 0.4) is 0 Å². The number of benzene rings is 2. The summed E-state index contributed by atoms with van der Waals surface area (Å²) in [5, 5.41) is 2.09. The highest BCUT2D eigenvalue weighted by atomic mass is 79.9. The molecule has 0 unspecified atom stereocenters. The lowest BCUT2D eigenvalue weighted by atomic mass is 10.1. The summed E-state index contributed by atoms with van der Waals surface area (Å²) in [5.74, 6) is 2.36. The van der Waals surface area contributed by atoms with Gasteiger partial charge in [0.05, 0.1) is 11.4 Å². The van der Waals surface area contributed by atoms with Crippen molar-refractivity contribution >= 4 is 27.7 Å². The lowest BCUT2D eigenvalue weighted by Crippen LogP contribution is -2.30. The molecule has 5 nitrogen and oxygen atoms in total. The number of ether oxygens (including phenoxy) is 2. The van der Waals surface area contributed by atoms with Gasteiger partial charge >= 0.3 is 0 Å². The average Bonchev–Trinajstić information content (AvgIpc) is 3.14. The Kier molecular flexibility index (Phi) is 3.15. The molecule has 3 heterocycles. The van der Waals surface area contributed by atoms with E-state index in [0.29, 0.717) is 0 Å². The normalized spacial score (nSPS) is 14.2. The molecule has 0 bridgehead atoms. The van der Waals surface area contributed by atoms with Gasteiger partial charge < -0.3 is 9.47 Å². The number of nitrogens with zero attached hydrogens (tertiary/aromatic N) is 2. The minimum Gasteiger partial charge on any atom is -0.454 e. The Hall–Kier alpha value is -2.73. The Morgan fingerprint density at radius 2 is 1.88 bits per heavy atom. The molecule has 2 aliphatic heterocycles. The summed E-state index contributed by atoms with van der Waals surface area (Å²) in [6.07, 6.45) is 2.05. The van der Waals surface area contributed by atoms with Gasteiger partial charge in [0.2, 0.25) is 6.79 Å². The Morgan fingerprint density at radius 3 is 2.68 bits per heavy atom. The van der Waals surface area contributed by atoms with Gasteiger partial charge in [-0.25, -0.2) is 9.66 Å². The number of hydrogen-bond acceptors (Lipinski definition) is 4. The van der Waals surface area contributed by atoms with Crippen molar-refractivity contribution in [2.24, 2.45) is 0 Å². The van der Waals surface area contributed by atoms with Crippen molar-refractivity contribution in [3.05, 3.63) is 74.6 Å². The summed E-state index contributed by atoms with van der Waals surface area (Å²) in [4.78, 5) is 4.61. The second-order valence-electron chi connectivity index (χ2n) is 5.97. The van der Waals surface area contributed by atoms with Crippen LogP contribution >= 0.6 is 15.9 Å². The number of hydrogen-bond donors (Lipinski definition) is 1. The SMILES string of the molecule is Cc1c(Br)nc2n1NC(c1ccccc1)=c1cc3c(cc1=C2)OCO3. The summed E-state index contributed by atoms with van der Waals surface area (Å²) in [7, 11) is 0. The lowest BCUT2D eigenvalue weighted by Gasteiger charge is -2.14. The molecule has 0 amide bonds. The van der Waals surface area contributed by atoms with E-state index in [0.717, 1.165) is 49.3 Å². The number of fused-ring (bicyclic) bond motifs is 3. The third-order valence-electron chi connectivity index (χ3n) is 4.46. The number of rotatable bonds is 1. The van der Waals surface area contributed by atoms with Crippen LogP contribution in [-0.4, -0.2) is 16.5 Å². The van der Waals surface area contributed by atoms with Crippen molar-refractivity contribution in [2.75, 3.05) is 12.2 Å². The van der Waals surface area contributed by atoms with Crippen LogP contribution in [0.1, 0.15) is 17.1 Å². The molecule has 3 aromatic rings. The molecule has 2 aliphatic rings. The van der Waals surface area contributed by atoms with Gasteiger partial charge in [0.25, 0.3) is 0 Å². The van der Waals surface area contributed by atoms with Gasteiger partial charge in [-0.05, 0) is 46.3 Å². The third-order valence-corrected chi connectivity index (χ3v) is 5.21. The monoisotopic (exact) mass is 395 g/mol. The molecule has 0 saturated heterocycles. The van der Waals surface area contributed by atoms with Crippen LogP contribution in [0.4, 0.5) is 0 Å². The zero-order valence-corrected chi connectivity index (χ0v) is 15.0.